The SMILES string of the molecule is COC[C@@H]1CCCN1CC1C(P(c2ccccc2)c2ccccc2)CCC1[Si](C)(C)C.COC[C@@H]1CCCN1CC1C(P(c2ccccc2)c2ccccc2)CCC1[Si](C)(C)C.[CH3-].[CH3-].[Fe+2]. The van der Waals surface area contributed by atoms with E-state index in [1.165, 1.54) is 77.5 Å². The quantitative estimate of drug-likeness (QED) is 0.0634. The van der Waals surface area contributed by atoms with Crippen LogP contribution in [0.5, 0.6) is 0 Å². The van der Waals surface area contributed by atoms with Gasteiger partial charge in [-0.25, -0.2) is 0 Å². The van der Waals surface area contributed by atoms with Crippen LogP contribution >= 0.6 is 15.8 Å². The molecule has 2 aliphatic heterocycles. The molecule has 0 bridgehead atoms. The zero-order valence-electron chi connectivity index (χ0n) is 42.0. The van der Waals surface area contributed by atoms with Crippen molar-refractivity contribution in [2.75, 3.05) is 53.6 Å². The maximum atomic E-state index is 5.60. The topological polar surface area (TPSA) is 24.9 Å². The number of benzene rings is 4. The Morgan fingerprint density at radius 1 is 0.462 bits per heavy atom. The second-order valence-electron chi connectivity index (χ2n) is 21.1. The van der Waals surface area contributed by atoms with E-state index in [-0.39, 0.29) is 47.8 Å². The molecule has 65 heavy (non-hydrogen) atoms. The van der Waals surface area contributed by atoms with Gasteiger partial charge in [0.2, 0.25) is 0 Å². The molecule has 4 fully saturated rings. The molecule has 2 aliphatic carbocycles. The Morgan fingerprint density at radius 2 is 0.754 bits per heavy atom. The van der Waals surface area contributed by atoms with Gasteiger partial charge in [-0.05, 0) is 123 Å². The van der Waals surface area contributed by atoms with Crippen LogP contribution in [0, 0.1) is 26.7 Å². The van der Waals surface area contributed by atoms with Gasteiger partial charge >= 0.3 is 17.1 Å². The molecule has 9 heteroatoms. The van der Waals surface area contributed by atoms with Gasteiger partial charge in [-0.3, -0.25) is 9.80 Å². The average Bonchev–Trinajstić information content (AvgIpc) is 4.09. The zero-order chi connectivity index (χ0) is 43.7. The molecule has 0 N–H and O–H groups in total. The summed E-state index contributed by atoms with van der Waals surface area (Å²) in [6.07, 6.45) is 10.9. The molecule has 2 saturated carbocycles. The Balaban J connectivity index is 0.000000272. The fourth-order valence-corrected chi connectivity index (χ4v) is 24.3. The minimum atomic E-state index is -1.24. The molecule has 0 spiro atoms. The largest absolute Gasteiger partial charge is 2.00 e. The van der Waals surface area contributed by atoms with E-state index in [9.17, 15) is 0 Å². The molecule has 8 rings (SSSR count). The van der Waals surface area contributed by atoms with Crippen molar-refractivity contribution < 1.29 is 26.5 Å². The van der Waals surface area contributed by atoms with Crippen molar-refractivity contribution in [3.63, 3.8) is 0 Å². The molecule has 4 aromatic rings. The summed E-state index contributed by atoms with van der Waals surface area (Å²) < 4.78 is 11.2. The van der Waals surface area contributed by atoms with E-state index in [0.717, 1.165) is 47.4 Å². The van der Waals surface area contributed by atoms with Crippen molar-refractivity contribution in [1.29, 1.82) is 0 Å². The van der Waals surface area contributed by atoms with E-state index in [2.05, 4.69) is 170 Å². The van der Waals surface area contributed by atoms with E-state index >= 15 is 0 Å². The van der Waals surface area contributed by atoms with Gasteiger partial charge in [0.25, 0.3) is 0 Å². The number of nitrogens with zero attached hydrogens (tertiary/aromatic N) is 2. The summed E-state index contributed by atoms with van der Waals surface area (Å²) in [5.74, 6) is 1.60. The summed E-state index contributed by atoms with van der Waals surface area (Å²) in [4.78, 5) is 5.59. The smallest absolute Gasteiger partial charge is 0.383 e. The van der Waals surface area contributed by atoms with Crippen molar-refractivity contribution in [2.45, 2.75) is 125 Å². The van der Waals surface area contributed by atoms with Crippen LogP contribution in [0.4, 0.5) is 0 Å². The standard InChI is InChI=1S/2C27H40NOPSi.2CH3.Fe/c2*1-29-21-22-12-11-19-28(22)20-25-26(17-18-27(25)31(2,3)4)30(23-13-7-5-8-14-23)24-15-9-6-10-16-24;;;/h2*5-10,13-16,22,25-27H,11-12,17-21H2,1-4H3;2*1H3;/q;;2*-1;+2/t2*22-,25?,26?,27?;;;/m00.../s1. The normalized spacial score (nSPS) is 26.0. The van der Waals surface area contributed by atoms with Crippen LogP contribution in [-0.2, 0) is 26.5 Å². The van der Waals surface area contributed by atoms with E-state index in [1.54, 1.807) is 21.2 Å². The maximum absolute atomic E-state index is 5.60. The van der Waals surface area contributed by atoms with Crippen molar-refractivity contribution in [3.05, 3.63) is 136 Å². The van der Waals surface area contributed by atoms with Gasteiger partial charge in [0.1, 0.15) is 0 Å². The van der Waals surface area contributed by atoms with E-state index < -0.39 is 16.1 Å². The Labute approximate surface area is 413 Å². The third-order valence-electron chi connectivity index (χ3n) is 15.2. The van der Waals surface area contributed by atoms with Crippen molar-refractivity contribution in [1.82, 2.24) is 9.80 Å². The van der Waals surface area contributed by atoms with Gasteiger partial charge in [-0.15, -0.1) is 0 Å². The Kier molecular flexibility index (Phi) is 22.9. The average molecular weight is 993 g/mol. The molecule has 8 atom stereocenters. The molecule has 0 radical (unpaired) electrons. The first kappa shape index (κ1) is 56.1. The first-order valence-electron chi connectivity index (χ1n) is 24.2. The third-order valence-corrected chi connectivity index (χ3v) is 27.1. The van der Waals surface area contributed by atoms with E-state index in [4.69, 9.17) is 9.47 Å². The molecule has 0 aromatic heterocycles. The Hall–Kier alpha value is -1.47. The van der Waals surface area contributed by atoms with Crippen molar-refractivity contribution in [3.8, 4) is 0 Å². The summed E-state index contributed by atoms with van der Waals surface area (Å²) in [6, 6.07) is 46.9. The third kappa shape index (κ3) is 14.3. The second kappa shape index (κ2) is 26.5. The van der Waals surface area contributed by atoms with Crippen LogP contribution in [0.15, 0.2) is 121 Å². The molecular weight excluding hydrogens is 907 g/mol. The van der Waals surface area contributed by atoms with Crippen LogP contribution in [0.1, 0.15) is 51.4 Å². The summed E-state index contributed by atoms with van der Waals surface area (Å²) >= 11 is 0. The molecule has 4 aliphatic rings. The molecule has 4 aromatic carbocycles. The van der Waals surface area contributed by atoms with E-state index in [1.807, 2.05) is 14.2 Å². The van der Waals surface area contributed by atoms with Gasteiger partial charge in [0.15, 0.2) is 0 Å². The number of methoxy groups -OCH3 is 2. The van der Waals surface area contributed by atoms with Crippen LogP contribution in [0.25, 0.3) is 0 Å². The minimum Gasteiger partial charge on any atom is -0.383 e. The number of hydrogen-bond acceptors (Lipinski definition) is 4. The van der Waals surface area contributed by atoms with Gasteiger partial charge < -0.3 is 24.3 Å². The molecule has 2 saturated heterocycles. The maximum Gasteiger partial charge on any atom is 2.00 e. The molecule has 2 heterocycles. The van der Waals surface area contributed by atoms with Crippen LogP contribution in [0.3, 0.4) is 0 Å². The van der Waals surface area contributed by atoms with Gasteiger partial charge in [-0.2, -0.15) is 0 Å². The van der Waals surface area contributed by atoms with Gasteiger partial charge in [0, 0.05) is 55.5 Å². The predicted molar refractivity (Wildman–Crippen MR) is 291 cm³/mol. The predicted octanol–water partition coefficient (Wildman–Crippen LogP) is 12.3. The summed E-state index contributed by atoms with van der Waals surface area (Å²) in [5.41, 5.74) is 3.39. The molecule has 6 unspecified atom stereocenters. The summed E-state index contributed by atoms with van der Waals surface area (Å²) in [5, 5.41) is 6.24. The molecule has 4 nitrogen and oxygen atoms in total. The minimum absolute atomic E-state index is 0. The number of likely N-dealkylation sites (tertiary alicyclic amines) is 2. The van der Waals surface area contributed by atoms with E-state index in [0.29, 0.717) is 12.1 Å². The Bertz CT molecular complexity index is 1690. The van der Waals surface area contributed by atoms with Crippen molar-refractivity contribution in [2.24, 2.45) is 11.8 Å². The van der Waals surface area contributed by atoms with Gasteiger partial charge in [-0.1, -0.05) is 173 Å². The monoisotopic (exact) mass is 993 g/mol. The Morgan fingerprint density at radius 3 is 1.02 bits per heavy atom. The van der Waals surface area contributed by atoms with Crippen molar-refractivity contribution >= 4 is 53.2 Å². The number of hydrogen-bond donors (Lipinski definition) is 0. The molecular formula is C56H86FeN2O2P2Si2. The number of ether oxygens (including phenoxy) is 2. The first-order valence-corrected chi connectivity index (χ1v) is 34.2. The summed E-state index contributed by atoms with van der Waals surface area (Å²) in [6.45, 7) is 22.5. The van der Waals surface area contributed by atoms with Crippen LogP contribution in [0.2, 0.25) is 50.4 Å². The molecule has 0 amide bonds. The van der Waals surface area contributed by atoms with Crippen LogP contribution in [-0.4, -0.2) is 103 Å². The van der Waals surface area contributed by atoms with Gasteiger partial charge in [0.05, 0.1) is 13.2 Å². The second-order valence-corrected chi connectivity index (χ2v) is 37.0. The van der Waals surface area contributed by atoms with Crippen LogP contribution < -0.4 is 21.2 Å². The fraction of sp³-hybridized carbons (Fsp3) is 0.536. The zero-order valence-corrected chi connectivity index (χ0v) is 46.9. The summed E-state index contributed by atoms with van der Waals surface area (Å²) in [7, 11) is 0.570. The fourth-order valence-electron chi connectivity index (χ4n) is 12.4. The molecule has 358 valence electrons. The first-order chi connectivity index (χ1) is 30.0. The number of rotatable bonds is 16.